The van der Waals surface area contributed by atoms with Gasteiger partial charge in [0.15, 0.2) is 0 Å². The summed E-state index contributed by atoms with van der Waals surface area (Å²) in [7, 11) is 1.39. The Balaban J connectivity index is 2.20. The number of likely N-dealkylation sites (tertiary alicyclic amines) is 1. The topological polar surface area (TPSA) is 55.6 Å². The normalized spacial score (nSPS) is 20.5. The van der Waals surface area contributed by atoms with Crippen molar-refractivity contribution >= 4 is 5.97 Å². The molecule has 1 rings (SSSR count). The summed E-state index contributed by atoms with van der Waals surface area (Å²) in [5.74, 6) is 1.34. The lowest BCUT2D eigenvalue weighted by Crippen LogP contribution is -2.40. The Hall–Kier alpha value is -0.610. The summed E-state index contributed by atoms with van der Waals surface area (Å²) >= 11 is 0. The first-order valence-electron chi connectivity index (χ1n) is 6.60. The number of piperidine rings is 1. The number of methoxy groups -OCH3 is 1. The molecule has 100 valence electrons. The molecule has 0 aromatic carbocycles. The first-order valence-corrected chi connectivity index (χ1v) is 6.60. The van der Waals surface area contributed by atoms with E-state index in [0.717, 1.165) is 31.5 Å². The van der Waals surface area contributed by atoms with Crippen molar-refractivity contribution in [2.75, 3.05) is 26.7 Å². The van der Waals surface area contributed by atoms with Crippen LogP contribution < -0.4 is 5.73 Å². The van der Waals surface area contributed by atoms with Crippen LogP contribution in [0.15, 0.2) is 0 Å². The van der Waals surface area contributed by atoms with E-state index in [9.17, 15) is 4.79 Å². The second-order valence-corrected chi connectivity index (χ2v) is 5.34. The Morgan fingerprint density at radius 2 is 2.00 bits per heavy atom. The lowest BCUT2D eigenvalue weighted by Gasteiger charge is -2.34. The minimum Gasteiger partial charge on any atom is -0.468 e. The van der Waals surface area contributed by atoms with E-state index in [-0.39, 0.29) is 5.97 Å². The minimum absolute atomic E-state index is 0.304. The Morgan fingerprint density at radius 1 is 1.41 bits per heavy atom. The van der Waals surface area contributed by atoms with Crippen LogP contribution in [0.2, 0.25) is 0 Å². The van der Waals surface area contributed by atoms with Gasteiger partial charge in [-0.1, -0.05) is 13.8 Å². The fourth-order valence-electron chi connectivity index (χ4n) is 2.43. The van der Waals surface area contributed by atoms with Gasteiger partial charge in [-0.3, -0.25) is 4.79 Å². The molecule has 0 amide bonds. The zero-order chi connectivity index (χ0) is 12.8. The lowest BCUT2D eigenvalue weighted by atomic mass is 9.86. The molecule has 0 aromatic heterocycles. The molecule has 4 heteroatoms. The van der Waals surface area contributed by atoms with Crippen molar-refractivity contribution in [2.45, 2.75) is 39.2 Å². The van der Waals surface area contributed by atoms with Crippen molar-refractivity contribution in [3.8, 4) is 0 Å². The molecule has 0 radical (unpaired) electrons. The number of esters is 1. The van der Waals surface area contributed by atoms with Gasteiger partial charge in [-0.05, 0) is 44.2 Å². The Kier molecular flexibility index (Phi) is 5.92. The largest absolute Gasteiger partial charge is 0.468 e. The maximum Gasteiger partial charge on any atom is 0.322 e. The standard InChI is InChI=1S/C13H26N2O2/c1-10(2)11-4-7-15(8-5-11)9-6-12(14)13(16)17-3/h10-12H,4-9,14H2,1-3H3. The predicted octanol–water partition coefficient (Wildman–Crippen LogP) is 1.24. The van der Waals surface area contributed by atoms with Crippen LogP contribution in [0.25, 0.3) is 0 Å². The molecule has 0 saturated carbocycles. The highest BCUT2D eigenvalue weighted by Gasteiger charge is 2.22. The van der Waals surface area contributed by atoms with Crippen LogP contribution in [-0.2, 0) is 9.53 Å². The summed E-state index contributed by atoms with van der Waals surface area (Å²) in [5.41, 5.74) is 5.72. The minimum atomic E-state index is -0.470. The molecular weight excluding hydrogens is 216 g/mol. The van der Waals surface area contributed by atoms with E-state index in [4.69, 9.17) is 5.73 Å². The van der Waals surface area contributed by atoms with Crippen LogP contribution in [0.5, 0.6) is 0 Å². The van der Waals surface area contributed by atoms with Crippen LogP contribution in [-0.4, -0.2) is 43.7 Å². The van der Waals surface area contributed by atoms with Gasteiger partial charge in [0.1, 0.15) is 6.04 Å². The third kappa shape index (κ3) is 4.64. The third-order valence-corrected chi connectivity index (χ3v) is 3.84. The highest BCUT2D eigenvalue weighted by molar-refractivity contribution is 5.75. The average Bonchev–Trinajstić information content (AvgIpc) is 2.35. The molecule has 2 N–H and O–H groups in total. The van der Waals surface area contributed by atoms with E-state index in [1.807, 2.05) is 0 Å². The number of nitrogens with two attached hydrogens (primary N) is 1. The van der Waals surface area contributed by atoms with Gasteiger partial charge in [0.05, 0.1) is 7.11 Å². The fraction of sp³-hybridized carbons (Fsp3) is 0.923. The van der Waals surface area contributed by atoms with Crippen molar-refractivity contribution in [1.82, 2.24) is 4.90 Å². The first-order chi connectivity index (χ1) is 8.04. The van der Waals surface area contributed by atoms with Gasteiger partial charge in [0.2, 0.25) is 0 Å². The number of hydrogen-bond acceptors (Lipinski definition) is 4. The molecule has 0 aliphatic carbocycles. The van der Waals surface area contributed by atoms with E-state index < -0.39 is 6.04 Å². The monoisotopic (exact) mass is 242 g/mol. The van der Waals surface area contributed by atoms with E-state index in [1.54, 1.807) is 0 Å². The van der Waals surface area contributed by atoms with Crippen LogP contribution >= 0.6 is 0 Å². The molecule has 0 spiro atoms. The molecule has 1 aliphatic heterocycles. The number of ether oxygens (including phenoxy) is 1. The van der Waals surface area contributed by atoms with Crippen molar-refractivity contribution in [3.05, 3.63) is 0 Å². The lowest BCUT2D eigenvalue weighted by molar-refractivity contribution is -0.142. The molecule has 4 nitrogen and oxygen atoms in total. The summed E-state index contributed by atoms with van der Waals surface area (Å²) < 4.78 is 4.62. The smallest absolute Gasteiger partial charge is 0.322 e. The van der Waals surface area contributed by atoms with Crippen molar-refractivity contribution in [1.29, 1.82) is 0 Å². The fourth-order valence-corrected chi connectivity index (χ4v) is 2.43. The first kappa shape index (κ1) is 14.5. The van der Waals surface area contributed by atoms with Crippen LogP contribution in [0.1, 0.15) is 33.1 Å². The highest BCUT2D eigenvalue weighted by atomic mass is 16.5. The third-order valence-electron chi connectivity index (χ3n) is 3.84. The zero-order valence-corrected chi connectivity index (χ0v) is 11.3. The van der Waals surface area contributed by atoms with Gasteiger partial charge >= 0.3 is 5.97 Å². The van der Waals surface area contributed by atoms with Gasteiger partial charge in [0.25, 0.3) is 0 Å². The van der Waals surface area contributed by atoms with Crippen LogP contribution in [0.3, 0.4) is 0 Å². The Morgan fingerprint density at radius 3 is 2.47 bits per heavy atom. The molecule has 1 heterocycles. The van der Waals surface area contributed by atoms with Gasteiger partial charge < -0.3 is 15.4 Å². The number of nitrogens with zero attached hydrogens (tertiary/aromatic N) is 1. The van der Waals surface area contributed by atoms with E-state index in [2.05, 4.69) is 23.5 Å². The predicted molar refractivity (Wildman–Crippen MR) is 68.6 cm³/mol. The van der Waals surface area contributed by atoms with Crippen molar-refractivity contribution < 1.29 is 9.53 Å². The quantitative estimate of drug-likeness (QED) is 0.737. The maximum atomic E-state index is 11.2. The SMILES string of the molecule is COC(=O)C(N)CCN1CCC(C(C)C)CC1. The van der Waals surface area contributed by atoms with Crippen LogP contribution in [0, 0.1) is 11.8 Å². The Labute approximate surface area is 104 Å². The second kappa shape index (κ2) is 6.97. The molecule has 1 aliphatic rings. The summed E-state index contributed by atoms with van der Waals surface area (Å²) in [6.07, 6.45) is 3.23. The zero-order valence-electron chi connectivity index (χ0n) is 11.3. The molecule has 17 heavy (non-hydrogen) atoms. The van der Waals surface area contributed by atoms with Gasteiger partial charge in [-0.2, -0.15) is 0 Å². The van der Waals surface area contributed by atoms with Gasteiger partial charge in [-0.15, -0.1) is 0 Å². The van der Waals surface area contributed by atoms with Gasteiger partial charge in [0, 0.05) is 6.54 Å². The number of rotatable bonds is 5. The number of hydrogen-bond donors (Lipinski definition) is 1. The van der Waals surface area contributed by atoms with Crippen LogP contribution in [0.4, 0.5) is 0 Å². The average molecular weight is 242 g/mol. The summed E-state index contributed by atoms with van der Waals surface area (Å²) in [4.78, 5) is 13.6. The van der Waals surface area contributed by atoms with Crippen molar-refractivity contribution in [3.63, 3.8) is 0 Å². The summed E-state index contributed by atoms with van der Waals surface area (Å²) in [6, 6.07) is -0.470. The van der Waals surface area contributed by atoms with E-state index in [0.29, 0.717) is 6.42 Å². The van der Waals surface area contributed by atoms with E-state index in [1.165, 1.54) is 20.0 Å². The number of carbonyl (C=O) groups is 1. The molecule has 1 atom stereocenters. The highest BCUT2D eigenvalue weighted by Crippen LogP contribution is 2.24. The molecule has 1 unspecified atom stereocenters. The summed E-state index contributed by atoms with van der Waals surface area (Å²) in [6.45, 7) is 7.77. The maximum absolute atomic E-state index is 11.2. The Bertz CT molecular complexity index is 236. The molecule has 1 saturated heterocycles. The molecular formula is C13H26N2O2. The molecule has 0 aromatic rings. The van der Waals surface area contributed by atoms with Gasteiger partial charge in [-0.25, -0.2) is 0 Å². The number of carbonyl (C=O) groups excluding carboxylic acids is 1. The van der Waals surface area contributed by atoms with Crippen molar-refractivity contribution in [2.24, 2.45) is 17.6 Å². The molecule has 0 bridgehead atoms. The van der Waals surface area contributed by atoms with E-state index >= 15 is 0 Å². The second-order valence-electron chi connectivity index (χ2n) is 5.34. The summed E-state index contributed by atoms with van der Waals surface area (Å²) in [5, 5.41) is 0. The molecule has 1 fully saturated rings.